The van der Waals surface area contributed by atoms with Crippen LogP contribution in [-0.4, -0.2) is 14.2 Å². The summed E-state index contributed by atoms with van der Waals surface area (Å²) in [6.45, 7) is 0. The summed E-state index contributed by atoms with van der Waals surface area (Å²) < 4.78 is 10.9. The molecule has 0 spiro atoms. The van der Waals surface area contributed by atoms with Gasteiger partial charge in [-0.05, 0) is 28.3 Å². The van der Waals surface area contributed by atoms with Gasteiger partial charge in [-0.3, -0.25) is 0 Å². The molecular formula is C14H16O2P2. The molecule has 2 nitrogen and oxygen atoms in total. The molecule has 2 aromatic carbocycles. The second kappa shape index (κ2) is 5.69. The quantitative estimate of drug-likeness (QED) is 0.803. The van der Waals surface area contributed by atoms with Crippen LogP contribution in [0.1, 0.15) is 0 Å². The van der Waals surface area contributed by atoms with Crippen molar-refractivity contribution < 1.29 is 9.47 Å². The van der Waals surface area contributed by atoms with Crippen molar-refractivity contribution in [1.29, 1.82) is 0 Å². The highest BCUT2D eigenvalue weighted by atomic mass is 31.0. The Bertz CT molecular complexity index is 545. The first-order valence-corrected chi connectivity index (χ1v) is 6.69. The second-order valence-electron chi connectivity index (χ2n) is 3.85. The van der Waals surface area contributed by atoms with E-state index in [9.17, 15) is 0 Å². The third-order valence-electron chi connectivity index (χ3n) is 2.84. The number of ether oxygens (including phenoxy) is 2. The maximum Gasteiger partial charge on any atom is 0.130 e. The van der Waals surface area contributed by atoms with Crippen molar-refractivity contribution >= 4 is 29.1 Å². The largest absolute Gasteiger partial charge is 0.496 e. The second-order valence-corrected chi connectivity index (χ2v) is 5.05. The first-order chi connectivity index (χ1) is 8.69. The molecule has 0 N–H and O–H groups in total. The minimum atomic E-state index is 0.814. The molecule has 0 aliphatic carbocycles. The van der Waals surface area contributed by atoms with E-state index in [-0.39, 0.29) is 0 Å². The molecule has 0 amide bonds. The van der Waals surface area contributed by atoms with Crippen molar-refractivity contribution in [3.8, 4) is 22.6 Å². The number of hydrogen-bond acceptors (Lipinski definition) is 2. The Morgan fingerprint density at radius 1 is 0.833 bits per heavy atom. The third kappa shape index (κ3) is 2.36. The van der Waals surface area contributed by atoms with Gasteiger partial charge in [0.15, 0.2) is 0 Å². The number of benzene rings is 2. The molecule has 0 aromatic heterocycles. The van der Waals surface area contributed by atoms with Crippen LogP contribution < -0.4 is 20.1 Å². The van der Waals surface area contributed by atoms with E-state index in [0.717, 1.165) is 33.2 Å². The fourth-order valence-electron chi connectivity index (χ4n) is 1.92. The van der Waals surface area contributed by atoms with Crippen LogP contribution in [-0.2, 0) is 0 Å². The minimum absolute atomic E-state index is 0.814. The van der Waals surface area contributed by atoms with Crippen molar-refractivity contribution in [3.63, 3.8) is 0 Å². The zero-order valence-corrected chi connectivity index (χ0v) is 12.7. The Labute approximate surface area is 112 Å². The van der Waals surface area contributed by atoms with Crippen molar-refractivity contribution in [2.24, 2.45) is 0 Å². The van der Waals surface area contributed by atoms with Crippen LogP contribution >= 0.6 is 18.5 Å². The van der Waals surface area contributed by atoms with E-state index in [1.807, 2.05) is 24.3 Å². The average molecular weight is 278 g/mol. The summed E-state index contributed by atoms with van der Waals surface area (Å²) in [7, 11) is 8.85. The van der Waals surface area contributed by atoms with Gasteiger partial charge in [0.25, 0.3) is 0 Å². The van der Waals surface area contributed by atoms with Gasteiger partial charge in [0.05, 0.1) is 19.8 Å². The van der Waals surface area contributed by atoms with E-state index in [2.05, 4.69) is 30.6 Å². The first kappa shape index (κ1) is 13.3. The maximum atomic E-state index is 5.44. The molecule has 0 saturated carbocycles. The summed E-state index contributed by atoms with van der Waals surface area (Å²) in [6, 6.07) is 12.0. The Morgan fingerprint density at radius 2 is 1.39 bits per heavy atom. The van der Waals surface area contributed by atoms with Crippen LogP contribution in [0.15, 0.2) is 36.4 Å². The summed E-state index contributed by atoms with van der Waals surface area (Å²) in [5, 5.41) is 2.27. The van der Waals surface area contributed by atoms with Gasteiger partial charge in [0.2, 0.25) is 0 Å². The summed E-state index contributed by atoms with van der Waals surface area (Å²) in [5.74, 6) is 1.63. The predicted octanol–water partition coefficient (Wildman–Crippen LogP) is 2.37. The molecule has 2 aromatic rings. The van der Waals surface area contributed by atoms with Gasteiger partial charge in [0.1, 0.15) is 11.5 Å². The van der Waals surface area contributed by atoms with Crippen LogP contribution in [0.25, 0.3) is 11.1 Å². The highest BCUT2D eigenvalue weighted by Crippen LogP contribution is 2.37. The van der Waals surface area contributed by atoms with E-state index < -0.39 is 0 Å². The van der Waals surface area contributed by atoms with Gasteiger partial charge in [-0.1, -0.05) is 24.3 Å². The fourth-order valence-corrected chi connectivity index (χ4v) is 2.52. The molecule has 2 rings (SSSR count). The maximum absolute atomic E-state index is 5.44. The standard InChI is InChI=1S/C14H16O2P2/c1-15-10-6-4-7-11(16-2)13(10)9-5-3-8-12(17)14(9)18/h3-8H,17-18H2,1-2H3. The molecular weight excluding hydrogens is 262 g/mol. The van der Waals surface area contributed by atoms with Crippen LogP contribution in [0.2, 0.25) is 0 Å². The molecule has 0 fully saturated rings. The number of hydrogen-bond donors (Lipinski definition) is 0. The molecule has 0 aliphatic rings. The number of methoxy groups -OCH3 is 2. The molecule has 0 aliphatic heterocycles. The number of rotatable bonds is 3. The molecule has 18 heavy (non-hydrogen) atoms. The van der Waals surface area contributed by atoms with Crippen LogP contribution in [0.3, 0.4) is 0 Å². The Balaban J connectivity index is 2.73. The Hall–Kier alpha value is -1.10. The summed E-state index contributed by atoms with van der Waals surface area (Å²) in [6.07, 6.45) is 0. The molecule has 2 unspecified atom stereocenters. The summed E-state index contributed by atoms with van der Waals surface area (Å²) >= 11 is 0. The molecule has 0 bridgehead atoms. The van der Waals surface area contributed by atoms with Crippen LogP contribution in [0.4, 0.5) is 0 Å². The molecule has 0 heterocycles. The third-order valence-corrected chi connectivity index (χ3v) is 4.32. The van der Waals surface area contributed by atoms with Gasteiger partial charge in [-0.2, -0.15) is 0 Å². The molecule has 94 valence electrons. The molecule has 0 saturated heterocycles. The van der Waals surface area contributed by atoms with E-state index >= 15 is 0 Å². The van der Waals surface area contributed by atoms with Crippen molar-refractivity contribution in [2.75, 3.05) is 14.2 Å². The van der Waals surface area contributed by atoms with Crippen molar-refractivity contribution in [2.45, 2.75) is 0 Å². The Morgan fingerprint density at radius 3 is 1.94 bits per heavy atom. The lowest BCUT2D eigenvalue weighted by Crippen LogP contribution is -2.13. The van der Waals surface area contributed by atoms with E-state index in [0.29, 0.717) is 0 Å². The molecule has 4 heteroatoms. The van der Waals surface area contributed by atoms with Crippen molar-refractivity contribution in [3.05, 3.63) is 36.4 Å². The SMILES string of the molecule is COc1cccc(OC)c1-c1cccc(P)c1P. The van der Waals surface area contributed by atoms with Crippen LogP contribution in [0.5, 0.6) is 11.5 Å². The van der Waals surface area contributed by atoms with Crippen molar-refractivity contribution in [1.82, 2.24) is 0 Å². The van der Waals surface area contributed by atoms with Gasteiger partial charge >= 0.3 is 0 Å². The first-order valence-electron chi connectivity index (χ1n) is 5.54. The molecule has 0 radical (unpaired) electrons. The average Bonchev–Trinajstić information content (AvgIpc) is 2.41. The van der Waals surface area contributed by atoms with Gasteiger partial charge in [-0.15, -0.1) is 18.5 Å². The van der Waals surface area contributed by atoms with Crippen LogP contribution in [0, 0.1) is 0 Å². The molecule has 2 atom stereocenters. The summed E-state index contributed by atoms with van der Waals surface area (Å²) in [4.78, 5) is 0. The highest BCUT2D eigenvalue weighted by molar-refractivity contribution is 7.36. The monoisotopic (exact) mass is 278 g/mol. The topological polar surface area (TPSA) is 18.5 Å². The minimum Gasteiger partial charge on any atom is -0.496 e. The fraction of sp³-hybridized carbons (Fsp3) is 0.143. The lowest BCUT2D eigenvalue weighted by molar-refractivity contribution is 0.397. The Kier molecular flexibility index (Phi) is 4.22. The van der Waals surface area contributed by atoms with E-state index in [4.69, 9.17) is 9.47 Å². The lowest BCUT2D eigenvalue weighted by atomic mass is 10.0. The smallest absolute Gasteiger partial charge is 0.130 e. The van der Waals surface area contributed by atoms with Gasteiger partial charge in [0, 0.05) is 0 Å². The zero-order chi connectivity index (χ0) is 13.1. The predicted molar refractivity (Wildman–Crippen MR) is 83.7 cm³/mol. The summed E-state index contributed by atoms with van der Waals surface area (Å²) in [5.41, 5.74) is 2.08. The van der Waals surface area contributed by atoms with Gasteiger partial charge in [-0.25, -0.2) is 0 Å². The van der Waals surface area contributed by atoms with E-state index in [1.54, 1.807) is 14.2 Å². The lowest BCUT2D eigenvalue weighted by Gasteiger charge is -2.15. The highest BCUT2D eigenvalue weighted by Gasteiger charge is 2.14. The zero-order valence-electron chi connectivity index (χ0n) is 10.4. The van der Waals surface area contributed by atoms with Gasteiger partial charge < -0.3 is 9.47 Å². The normalized spacial score (nSPS) is 10.2. The van der Waals surface area contributed by atoms with E-state index in [1.165, 1.54) is 0 Å².